The lowest BCUT2D eigenvalue weighted by Gasteiger charge is -2.32. The third kappa shape index (κ3) is 4.72. The first-order chi connectivity index (χ1) is 16.5. The number of anilines is 1. The van der Waals surface area contributed by atoms with Crippen LogP contribution in [0.15, 0.2) is 47.4 Å². The third-order valence-electron chi connectivity index (χ3n) is 7.19. The van der Waals surface area contributed by atoms with E-state index in [1.54, 1.807) is 22.5 Å². The van der Waals surface area contributed by atoms with Crippen LogP contribution in [0, 0.1) is 0 Å². The smallest absolute Gasteiger partial charge is 0.253 e. The molecule has 1 N–H and O–H groups in total. The minimum absolute atomic E-state index is 0.0719. The summed E-state index contributed by atoms with van der Waals surface area (Å²) in [5.74, 6) is -0.223. The molecule has 1 atom stereocenters. The van der Waals surface area contributed by atoms with Crippen molar-refractivity contribution in [2.45, 2.75) is 49.5 Å². The Labute approximate surface area is 202 Å². The van der Waals surface area contributed by atoms with Crippen LogP contribution in [0.5, 0.6) is 0 Å². The van der Waals surface area contributed by atoms with E-state index in [-0.39, 0.29) is 16.8 Å². The number of carbonyl (C=O) groups is 1. The van der Waals surface area contributed by atoms with Crippen molar-refractivity contribution in [3.05, 3.63) is 59.2 Å². The van der Waals surface area contributed by atoms with Gasteiger partial charge in [-0.3, -0.25) is 4.79 Å². The Morgan fingerprint density at radius 2 is 1.71 bits per heavy atom. The molecular weight excluding hydrogens is 450 g/mol. The Morgan fingerprint density at radius 1 is 0.941 bits per heavy atom. The maximum atomic E-state index is 13.7. The summed E-state index contributed by atoms with van der Waals surface area (Å²) in [5.41, 5.74) is 3.62. The quantitative estimate of drug-likeness (QED) is 0.704. The molecule has 2 heterocycles. The largest absolute Gasteiger partial charge is 0.378 e. The van der Waals surface area contributed by atoms with Crippen LogP contribution in [0.25, 0.3) is 0 Å². The molecule has 2 saturated heterocycles. The Bertz CT molecular complexity index is 1140. The number of amides is 1. The van der Waals surface area contributed by atoms with Gasteiger partial charge in [-0.05, 0) is 61.4 Å². The number of hydrogen-bond acceptors (Lipinski definition) is 5. The van der Waals surface area contributed by atoms with Crippen molar-refractivity contribution in [1.29, 1.82) is 0 Å². The maximum Gasteiger partial charge on any atom is 0.253 e. The molecule has 0 aromatic heterocycles. The Kier molecular flexibility index (Phi) is 6.90. The zero-order valence-electron chi connectivity index (χ0n) is 19.5. The van der Waals surface area contributed by atoms with E-state index in [1.807, 2.05) is 12.1 Å². The van der Waals surface area contributed by atoms with Gasteiger partial charge >= 0.3 is 0 Å². The number of sulfonamides is 1. The van der Waals surface area contributed by atoms with Crippen molar-refractivity contribution in [3.8, 4) is 0 Å². The van der Waals surface area contributed by atoms with E-state index in [4.69, 9.17) is 4.74 Å². The molecule has 2 aromatic rings. The summed E-state index contributed by atoms with van der Waals surface area (Å²) in [6.45, 7) is 3.59. The van der Waals surface area contributed by atoms with Crippen molar-refractivity contribution in [2.24, 2.45) is 0 Å². The second-order valence-corrected chi connectivity index (χ2v) is 11.3. The van der Waals surface area contributed by atoms with Gasteiger partial charge in [-0.25, -0.2) is 8.42 Å². The van der Waals surface area contributed by atoms with E-state index in [0.29, 0.717) is 45.0 Å². The number of nitrogens with one attached hydrogen (secondary N) is 1. The number of nitrogens with zero attached hydrogens (tertiary/aromatic N) is 2. The molecule has 0 radical (unpaired) electrons. The molecule has 0 saturated carbocycles. The molecule has 3 aliphatic rings. The summed E-state index contributed by atoms with van der Waals surface area (Å²) in [4.78, 5) is 16.0. The molecule has 5 rings (SSSR count). The van der Waals surface area contributed by atoms with Crippen LogP contribution in [0.2, 0.25) is 0 Å². The zero-order valence-corrected chi connectivity index (χ0v) is 20.4. The fourth-order valence-corrected chi connectivity index (χ4v) is 6.88. The molecule has 8 heteroatoms. The minimum Gasteiger partial charge on any atom is -0.378 e. The van der Waals surface area contributed by atoms with E-state index in [2.05, 4.69) is 22.3 Å². The van der Waals surface area contributed by atoms with Crippen LogP contribution in [-0.2, 0) is 21.2 Å². The first-order valence-electron chi connectivity index (χ1n) is 12.4. The number of aryl methyl sites for hydroxylation is 1. The fraction of sp³-hybridized carbons (Fsp3) is 0.500. The van der Waals surface area contributed by atoms with E-state index in [0.717, 1.165) is 49.8 Å². The van der Waals surface area contributed by atoms with Crippen LogP contribution < -0.4 is 10.2 Å². The summed E-state index contributed by atoms with van der Waals surface area (Å²) in [6.07, 6.45) is 5.71. The summed E-state index contributed by atoms with van der Waals surface area (Å²) >= 11 is 0. The summed E-state index contributed by atoms with van der Waals surface area (Å²) in [6, 6.07) is 13.2. The van der Waals surface area contributed by atoms with Gasteiger partial charge in [-0.15, -0.1) is 0 Å². The van der Waals surface area contributed by atoms with Crippen molar-refractivity contribution in [2.75, 3.05) is 44.3 Å². The van der Waals surface area contributed by atoms with Crippen molar-refractivity contribution in [3.63, 3.8) is 0 Å². The van der Waals surface area contributed by atoms with Crippen LogP contribution in [0.4, 0.5) is 5.69 Å². The highest BCUT2D eigenvalue weighted by Gasteiger charge is 2.30. The summed E-state index contributed by atoms with van der Waals surface area (Å²) < 4.78 is 33.8. The number of benzene rings is 2. The van der Waals surface area contributed by atoms with E-state index in [9.17, 15) is 13.2 Å². The van der Waals surface area contributed by atoms with Gasteiger partial charge in [0.15, 0.2) is 0 Å². The summed E-state index contributed by atoms with van der Waals surface area (Å²) in [5, 5.41) is 3.22. The monoisotopic (exact) mass is 483 g/mol. The van der Waals surface area contributed by atoms with Gasteiger partial charge < -0.3 is 15.0 Å². The third-order valence-corrected chi connectivity index (χ3v) is 9.09. The highest BCUT2D eigenvalue weighted by Crippen LogP contribution is 2.32. The number of hydrogen-bond donors (Lipinski definition) is 1. The van der Waals surface area contributed by atoms with Crippen molar-refractivity contribution in [1.82, 2.24) is 9.62 Å². The predicted octanol–water partition coefficient (Wildman–Crippen LogP) is 3.51. The number of rotatable bonds is 5. The second-order valence-electron chi connectivity index (χ2n) is 9.36. The van der Waals surface area contributed by atoms with Crippen molar-refractivity contribution >= 4 is 21.6 Å². The SMILES string of the molecule is O=C(N[C@@H]1CCCc2ccccc21)c1cc(S(=O)(=O)N2CCCCC2)ccc1N1CCOCC1. The molecule has 2 aliphatic heterocycles. The Hall–Kier alpha value is -2.42. The molecule has 7 nitrogen and oxygen atoms in total. The topological polar surface area (TPSA) is 79.0 Å². The number of piperidine rings is 1. The summed E-state index contributed by atoms with van der Waals surface area (Å²) in [7, 11) is -3.64. The first-order valence-corrected chi connectivity index (χ1v) is 13.8. The zero-order chi connectivity index (χ0) is 23.5. The van der Waals surface area contributed by atoms with Gasteiger partial charge in [-0.1, -0.05) is 30.7 Å². The standard InChI is InChI=1S/C26H33N3O4S/c30-26(27-24-10-6-8-20-7-2-3-9-22(20)24)23-19-21(34(31,32)29-13-4-1-5-14-29)11-12-25(23)28-15-17-33-18-16-28/h2-3,7,9,11-12,19,24H,1,4-6,8,10,13-18H2,(H,27,30)/t24-/m1/s1. The molecule has 182 valence electrons. The number of carbonyl (C=O) groups excluding carboxylic acids is 1. The van der Waals surface area contributed by atoms with Gasteiger partial charge in [0.05, 0.1) is 29.7 Å². The van der Waals surface area contributed by atoms with Crippen molar-refractivity contribution < 1.29 is 17.9 Å². The maximum absolute atomic E-state index is 13.7. The number of ether oxygens (including phenoxy) is 1. The highest BCUT2D eigenvalue weighted by molar-refractivity contribution is 7.89. The Balaban J connectivity index is 1.48. The molecule has 0 unspecified atom stereocenters. The molecule has 34 heavy (non-hydrogen) atoms. The average molecular weight is 484 g/mol. The minimum atomic E-state index is -3.64. The molecule has 2 fully saturated rings. The van der Waals surface area contributed by atoms with Crippen LogP contribution >= 0.6 is 0 Å². The van der Waals surface area contributed by atoms with Gasteiger partial charge in [0.2, 0.25) is 10.0 Å². The van der Waals surface area contributed by atoms with E-state index < -0.39 is 10.0 Å². The van der Waals surface area contributed by atoms with Crippen LogP contribution in [-0.4, -0.2) is 58.0 Å². The molecule has 0 spiro atoms. The lowest BCUT2D eigenvalue weighted by atomic mass is 9.87. The van der Waals surface area contributed by atoms with E-state index >= 15 is 0 Å². The predicted molar refractivity (Wildman–Crippen MR) is 132 cm³/mol. The van der Waals surface area contributed by atoms with Gasteiger partial charge in [-0.2, -0.15) is 4.31 Å². The fourth-order valence-electron chi connectivity index (χ4n) is 5.33. The molecular formula is C26H33N3O4S. The molecule has 1 aliphatic carbocycles. The first kappa shape index (κ1) is 23.3. The number of morpholine rings is 1. The highest BCUT2D eigenvalue weighted by atomic mass is 32.2. The van der Waals surface area contributed by atoms with Gasteiger partial charge in [0.25, 0.3) is 5.91 Å². The molecule has 0 bridgehead atoms. The van der Waals surface area contributed by atoms with E-state index in [1.165, 1.54) is 5.56 Å². The molecule has 2 aromatic carbocycles. The average Bonchev–Trinajstić information content (AvgIpc) is 2.89. The number of fused-ring (bicyclic) bond motifs is 1. The van der Waals surface area contributed by atoms with Crippen LogP contribution in [0.3, 0.4) is 0 Å². The molecule has 1 amide bonds. The lowest BCUT2D eigenvalue weighted by molar-refractivity contribution is 0.0931. The second kappa shape index (κ2) is 10.1. The van der Waals surface area contributed by atoms with Gasteiger partial charge in [0, 0.05) is 31.9 Å². The van der Waals surface area contributed by atoms with Gasteiger partial charge in [0.1, 0.15) is 0 Å². The lowest BCUT2D eigenvalue weighted by Crippen LogP contribution is -2.39. The van der Waals surface area contributed by atoms with Crippen LogP contribution in [0.1, 0.15) is 59.6 Å². The Morgan fingerprint density at radius 3 is 2.50 bits per heavy atom. The normalized spacial score (nSPS) is 21.6.